The van der Waals surface area contributed by atoms with Gasteiger partial charge in [0.1, 0.15) is 11.5 Å². The van der Waals surface area contributed by atoms with E-state index < -0.39 is 28.8 Å². The molecule has 1 aliphatic heterocycles. The topological polar surface area (TPSA) is 128 Å². The fourth-order valence-corrected chi connectivity index (χ4v) is 4.63. The van der Waals surface area contributed by atoms with Crippen LogP contribution >= 0.6 is 0 Å². The van der Waals surface area contributed by atoms with Gasteiger partial charge in [-0.2, -0.15) is 5.26 Å². The predicted molar refractivity (Wildman–Crippen MR) is 120 cm³/mol. The molecular weight excluding hydrogens is 420 g/mol. The number of aliphatic hydroxyl groups is 1. The van der Waals surface area contributed by atoms with Crippen LogP contribution in [-0.2, 0) is 23.1 Å². The smallest absolute Gasteiger partial charge is 0.273 e. The van der Waals surface area contributed by atoms with E-state index in [4.69, 9.17) is 4.42 Å². The van der Waals surface area contributed by atoms with Crippen molar-refractivity contribution in [1.29, 1.82) is 5.26 Å². The van der Waals surface area contributed by atoms with Crippen LogP contribution in [0.1, 0.15) is 85.4 Å². The molecule has 0 saturated carbocycles. The second-order valence-corrected chi connectivity index (χ2v) is 10.2. The number of carbonyl (C=O) groups excluding carboxylic acids is 2. The van der Waals surface area contributed by atoms with Crippen molar-refractivity contribution in [2.24, 2.45) is 5.41 Å². The Labute approximate surface area is 193 Å². The number of aliphatic hydroxyl groups excluding tert-OH is 1. The van der Waals surface area contributed by atoms with Gasteiger partial charge in [0.2, 0.25) is 11.8 Å². The first kappa shape index (κ1) is 23.0. The highest BCUT2D eigenvalue weighted by molar-refractivity contribution is 5.94. The maximum atomic E-state index is 13.2. The Morgan fingerprint density at radius 2 is 2.15 bits per heavy atom. The number of hydrogen-bond donors (Lipinski definition) is 3. The number of benzene rings is 1. The lowest BCUT2D eigenvalue weighted by Crippen LogP contribution is -2.37. The number of nitriles is 1. The van der Waals surface area contributed by atoms with Gasteiger partial charge in [0.05, 0.1) is 12.7 Å². The first-order valence-electron chi connectivity index (χ1n) is 11.3. The second kappa shape index (κ2) is 8.31. The van der Waals surface area contributed by atoms with Gasteiger partial charge in [-0.05, 0) is 48.3 Å². The number of nitrogens with one attached hydrogen (secondary N) is 2. The summed E-state index contributed by atoms with van der Waals surface area (Å²) in [5.74, 6) is -0.257. The minimum Gasteiger partial charge on any atom is -0.440 e. The summed E-state index contributed by atoms with van der Waals surface area (Å²) in [5.41, 5.74) is 1.20. The van der Waals surface area contributed by atoms with Gasteiger partial charge < -0.3 is 20.2 Å². The van der Waals surface area contributed by atoms with E-state index in [1.54, 1.807) is 6.92 Å². The summed E-state index contributed by atoms with van der Waals surface area (Å²) < 4.78 is 6.27. The van der Waals surface area contributed by atoms with Crippen LogP contribution in [-0.4, -0.2) is 34.6 Å². The van der Waals surface area contributed by atoms with Crippen molar-refractivity contribution in [2.75, 3.05) is 6.61 Å². The zero-order chi connectivity index (χ0) is 24.0. The zero-order valence-corrected chi connectivity index (χ0v) is 19.5. The van der Waals surface area contributed by atoms with Crippen LogP contribution in [0.15, 0.2) is 22.6 Å². The van der Waals surface area contributed by atoms with E-state index >= 15 is 0 Å². The van der Waals surface area contributed by atoms with Crippen molar-refractivity contribution in [3.05, 3.63) is 52.2 Å². The number of aromatic nitrogens is 1. The molecule has 3 atom stereocenters. The normalized spacial score (nSPS) is 23.0. The summed E-state index contributed by atoms with van der Waals surface area (Å²) in [6.07, 6.45) is 1.98. The molecule has 4 rings (SSSR count). The van der Waals surface area contributed by atoms with Gasteiger partial charge in [0.25, 0.3) is 5.91 Å². The summed E-state index contributed by atoms with van der Waals surface area (Å²) in [5, 5.41) is 25.6. The lowest BCUT2D eigenvalue weighted by molar-refractivity contribution is -0.122. The van der Waals surface area contributed by atoms with Gasteiger partial charge in [-0.25, -0.2) is 4.98 Å². The number of fused-ring (bicyclic) bond motifs is 4. The van der Waals surface area contributed by atoms with Crippen LogP contribution in [0, 0.1) is 16.7 Å². The van der Waals surface area contributed by atoms with Crippen LogP contribution in [0.2, 0.25) is 0 Å². The Bertz CT molecular complexity index is 1140. The van der Waals surface area contributed by atoms with Crippen LogP contribution in [0.25, 0.3) is 0 Å². The number of rotatable bonds is 3. The molecular formula is C25H30N4O4. The Hall–Kier alpha value is -3.18. The van der Waals surface area contributed by atoms with Crippen molar-refractivity contribution < 1.29 is 19.1 Å². The summed E-state index contributed by atoms with van der Waals surface area (Å²) in [7, 11) is 0. The summed E-state index contributed by atoms with van der Waals surface area (Å²) >= 11 is 0. The van der Waals surface area contributed by atoms with Crippen LogP contribution in [0.5, 0.6) is 0 Å². The molecule has 8 nitrogen and oxygen atoms in total. The van der Waals surface area contributed by atoms with E-state index in [0.29, 0.717) is 25.7 Å². The van der Waals surface area contributed by atoms with Crippen LogP contribution in [0.4, 0.5) is 0 Å². The molecule has 174 valence electrons. The highest BCUT2D eigenvalue weighted by Gasteiger charge is 2.48. The quantitative estimate of drug-likeness (QED) is 0.660. The minimum absolute atomic E-state index is 0.0212. The van der Waals surface area contributed by atoms with E-state index in [1.807, 2.05) is 39.0 Å². The maximum absolute atomic E-state index is 13.2. The fraction of sp³-hybridized carbons (Fsp3) is 0.520. The molecule has 1 aromatic heterocycles. The third kappa shape index (κ3) is 4.02. The van der Waals surface area contributed by atoms with Crippen molar-refractivity contribution >= 4 is 11.8 Å². The molecule has 2 heterocycles. The third-order valence-corrected chi connectivity index (χ3v) is 6.55. The molecule has 2 aliphatic rings. The lowest BCUT2D eigenvalue weighted by atomic mass is 9.79. The van der Waals surface area contributed by atoms with Gasteiger partial charge in [-0.3, -0.25) is 9.59 Å². The summed E-state index contributed by atoms with van der Waals surface area (Å²) in [6.45, 7) is 7.31. The average molecular weight is 451 g/mol. The van der Waals surface area contributed by atoms with E-state index in [9.17, 15) is 20.0 Å². The Kier molecular flexibility index (Phi) is 5.79. The zero-order valence-electron chi connectivity index (χ0n) is 19.5. The molecule has 3 N–H and O–H groups in total. The average Bonchev–Trinajstić information content (AvgIpc) is 3.36. The first-order valence-corrected chi connectivity index (χ1v) is 11.3. The number of carbonyl (C=O) groups is 2. The molecule has 1 unspecified atom stereocenters. The third-order valence-electron chi connectivity index (χ3n) is 6.55. The molecule has 0 spiro atoms. The molecule has 0 fully saturated rings. The van der Waals surface area contributed by atoms with Gasteiger partial charge in [0, 0.05) is 12.5 Å². The minimum atomic E-state index is -1.16. The fourth-order valence-electron chi connectivity index (χ4n) is 4.63. The molecule has 8 heteroatoms. The Balaban J connectivity index is 1.97. The molecule has 33 heavy (non-hydrogen) atoms. The van der Waals surface area contributed by atoms with Crippen LogP contribution < -0.4 is 10.6 Å². The number of aryl methyl sites for hydroxylation is 2. The highest BCUT2D eigenvalue weighted by atomic mass is 16.4. The molecule has 1 aliphatic carbocycles. The number of nitrogens with zero attached hydrogens (tertiary/aromatic N) is 2. The van der Waals surface area contributed by atoms with E-state index in [-0.39, 0.29) is 29.9 Å². The highest BCUT2D eigenvalue weighted by Crippen LogP contribution is 2.47. The number of hydrogen-bond acceptors (Lipinski definition) is 6. The van der Waals surface area contributed by atoms with E-state index in [0.717, 1.165) is 16.7 Å². The monoisotopic (exact) mass is 450 g/mol. The number of amides is 2. The van der Waals surface area contributed by atoms with Crippen molar-refractivity contribution in [2.45, 2.75) is 70.9 Å². The van der Waals surface area contributed by atoms with Crippen molar-refractivity contribution in [3.63, 3.8) is 0 Å². The van der Waals surface area contributed by atoms with Crippen molar-refractivity contribution in [3.8, 4) is 6.07 Å². The maximum Gasteiger partial charge on any atom is 0.273 e. The first-order chi connectivity index (χ1) is 15.6. The molecule has 1 aromatic carbocycles. The summed E-state index contributed by atoms with van der Waals surface area (Å²) in [6, 6.07) is 7.32. The van der Waals surface area contributed by atoms with Gasteiger partial charge in [-0.15, -0.1) is 0 Å². The van der Waals surface area contributed by atoms with Gasteiger partial charge in [0.15, 0.2) is 11.5 Å². The van der Waals surface area contributed by atoms with E-state index in [2.05, 4.69) is 21.7 Å². The number of oxazole rings is 1. The molecule has 0 radical (unpaired) electrons. The molecule has 2 amide bonds. The van der Waals surface area contributed by atoms with E-state index in [1.165, 1.54) is 0 Å². The molecule has 4 bridgehead atoms. The standard InChI is InChI=1S/C25H30N4O4/c1-14(12-30)27-22(32)19-21-25(13-26)10-9-16-7-5-15(11-17(16)25)6-8-18(31)28-20(24(2,3)4)23(29-19)33-21/h5,7,11,14,20,30H,6,8-10,12H2,1-4H3,(H,27,32)(H,28,31)/t14?,20-,25-/m1/s1. The molecule has 0 saturated heterocycles. The van der Waals surface area contributed by atoms with Crippen LogP contribution in [0.3, 0.4) is 0 Å². The Morgan fingerprint density at radius 3 is 2.82 bits per heavy atom. The van der Waals surface area contributed by atoms with Gasteiger partial charge >= 0.3 is 0 Å². The van der Waals surface area contributed by atoms with Crippen molar-refractivity contribution in [1.82, 2.24) is 15.6 Å². The van der Waals surface area contributed by atoms with Gasteiger partial charge in [-0.1, -0.05) is 39.0 Å². The SMILES string of the molecule is CC(CO)NC(=O)c1nc2oc1[C@@]1(C#N)CCc3ccc(cc31)CCC(=O)N[C@H]2C(C)(C)C. The predicted octanol–water partition coefficient (Wildman–Crippen LogP) is 2.69. The Morgan fingerprint density at radius 1 is 1.39 bits per heavy atom. The summed E-state index contributed by atoms with van der Waals surface area (Å²) in [4.78, 5) is 30.6. The lowest BCUT2D eigenvalue weighted by Gasteiger charge is -2.29. The largest absolute Gasteiger partial charge is 0.440 e. The second-order valence-electron chi connectivity index (χ2n) is 10.2. The molecule has 2 aromatic rings.